The molecule has 1 fully saturated rings. The number of sulfonamides is 1. The first-order valence-corrected chi connectivity index (χ1v) is 12.0. The zero-order valence-corrected chi connectivity index (χ0v) is 19.0. The summed E-state index contributed by atoms with van der Waals surface area (Å²) >= 11 is 0. The molecule has 0 spiro atoms. The molecule has 0 aliphatic carbocycles. The molecule has 1 amide bonds. The second-order valence-electron chi connectivity index (χ2n) is 8.11. The van der Waals surface area contributed by atoms with Crippen LogP contribution in [0.5, 0.6) is 0 Å². The fraction of sp³-hybridized carbons (Fsp3) is 0.409. The zero-order valence-electron chi connectivity index (χ0n) is 18.2. The minimum atomic E-state index is -3.60. The molecule has 10 heteroatoms. The van der Waals surface area contributed by atoms with Crippen LogP contribution in [0.15, 0.2) is 53.4 Å². The lowest BCUT2D eigenvalue weighted by molar-refractivity contribution is -0.383. The summed E-state index contributed by atoms with van der Waals surface area (Å²) in [7, 11) is -3.60. The average Bonchev–Trinajstić information content (AvgIpc) is 2.78. The van der Waals surface area contributed by atoms with Crippen molar-refractivity contribution in [2.24, 2.45) is 5.92 Å². The van der Waals surface area contributed by atoms with Gasteiger partial charge in [-0.1, -0.05) is 29.8 Å². The highest BCUT2D eigenvalue weighted by molar-refractivity contribution is 7.89. The van der Waals surface area contributed by atoms with Crippen molar-refractivity contribution in [1.82, 2.24) is 9.62 Å². The van der Waals surface area contributed by atoms with Crippen LogP contribution in [-0.4, -0.2) is 49.8 Å². The maximum atomic E-state index is 12.7. The molecule has 2 N–H and O–H groups in total. The molecule has 1 saturated heterocycles. The van der Waals surface area contributed by atoms with Gasteiger partial charge in [0.1, 0.15) is 5.69 Å². The molecule has 2 aromatic carbocycles. The largest absolute Gasteiger partial charge is 0.319 e. The van der Waals surface area contributed by atoms with Gasteiger partial charge in [-0.05, 0) is 57.4 Å². The molecular formula is C22H28N4O5S. The lowest BCUT2D eigenvalue weighted by atomic mass is 9.97. The summed E-state index contributed by atoms with van der Waals surface area (Å²) in [6.07, 6.45) is 1.69. The quantitative estimate of drug-likeness (QED) is 0.461. The second-order valence-corrected chi connectivity index (χ2v) is 9.87. The maximum absolute atomic E-state index is 12.7. The standard InChI is InChI=1S/C22H28N4O5S/c1-16-9-11-19(12-10-16)32(30,31)23-14-18-6-5-13-25(15-18)17(2)22(27)24-20-7-3-4-8-21(20)26(28)29/h3-4,7-12,17-18,23H,5-6,13-15H2,1-2H3,(H,24,27). The van der Waals surface area contributed by atoms with Gasteiger partial charge in [-0.25, -0.2) is 13.1 Å². The van der Waals surface area contributed by atoms with Crippen molar-refractivity contribution in [3.63, 3.8) is 0 Å². The number of rotatable bonds is 8. The molecule has 1 aliphatic heterocycles. The van der Waals surface area contributed by atoms with Gasteiger partial charge in [0.25, 0.3) is 5.69 Å². The van der Waals surface area contributed by atoms with E-state index >= 15 is 0 Å². The minimum Gasteiger partial charge on any atom is -0.319 e. The zero-order chi connectivity index (χ0) is 23.3. The van der Waals surface area contributed by atoms with Gasteiger partial charge in [0.2, 0.25) is 15.9 Å². The van der Waals surface area contributed by atoms with Crippen molar-refractivity contribution < 1.29 is 18.1 Å². The number of piperidine rings is 1. The molecule has 32 heavy (non-hydrogen) atoms. The first kappa shape index (κ1) is 23.8. The van der Waals surface area contributed by atoms with E-state index in [0.29, 0.717) is 13.1 Å². The number of para-hydroxylation sites is 2. The summed E-state index contributed by atoms with van der Waals surface area (Å²) in [4.78, 5) is 25.6. The molecular weight excluding hydrogens is 432 g/mol. The van der Waals surface area contributed by atoms with E-state index in [9.17, 15) is 23.3 Å². The van der Waals surface area contributed by atoms with Gasteiger partial charge in [0.05, 0.1) is 15.9 Å². The topological polar surface area (TPSA) is 122 Å². The van der Waals surface area contributed by atoms with Crippen molar-refractivity contribution in [2.75, 3.05) is 25.0 Å². The van der Waals surface area contributed by atoms with E-state index in [1.165, 1.54) is 12.1 Å². The number of amides is 1. The number of nitro groups is 1. The number of carbonyl (C=O) groups excluding carboxylic acids is 1. The Morgan fingerprint density at radius 2 is 1.91 bits per heavy atom. The van der Waals surface area contributed by atoms with E-state index in [2.05, 4.69) is 10.0 Å². The Kier molecular flexibility index (Phi) is 7.60. The molecule has 0 bridgehead atoms. The van der Waals surface area contributed by atoms with Crippen LogP contribution in [0.4, 0.5) is 11.4 Å². The first-order valence-electron chi connectivity index (χ1n) is 10.5. The van der Waals surface area contributed by atoms with Gasteiger partial charge in [0.15, 0.2) is 0 Å². The number of benzene rings is 2. The van der Waals surface area contributed by atoms with Crippen molar-refractivity contribution in [1.29, 1.82) is 0 Å². The van der Waals surface area contributed by atoms with Crippen LogP contribution in [0.2, 0.25) is 0 Å². The highest BCUT2D eigenvalue weighted by atomic mass is 32.2. The molecule has 1 heterocycles. The molecule has 9 nitrogen and oxygen atoms in total. The number of likely N-dealkylation sites (tertiary alicyclic amines) is 1. The van der Waals surface area contributed by atoms with Crippen LogP contribution in [0, 0.1) is 23.0 Å². The third kappa shape index (κ3) is 5.90. The number of aryl methyl sites for hydroxylation is 1. The summed E-state index contributed by atoms with van der Waals surface area (Å²) in [5.41, 5.74) is 0.990. The Bertz CT molecular complexity index is 1070. The summed E-state index contributed by atoms with van der Waals surface area (Å²) in [5.74, 6) is -0.273. The van der Waals surface area contributed by atoms with Crippen molar-refractivity contribution >= 4 is 27.3 Å². The predicted molar refractivity (Wildman–Crippen MR) is 122 cm³/mol. The smallest absolute Gasteiger partial charge is 0.292 e. The van der Waals surface area contributed by atoms with Gasteiger partial charge < -0.3 is 5.32 Å². The summed E-state index contributed by atoms with van der Waals surface area (Å²) in [5, 5.41) is 13.8. The van der Waals surface area contributed by atoms with Crippen LogP contribution >= 0.6 is 0 Å². The Balaban J connectivity index is 1.58. The molecule has 0 radical (unpaired) electrons. The van der Waals surface area contributed by atoms with E-state index in [0.717, 1.165) is 18.4 Å². The lowest BCUT2D eigenvalue weighted by Gasteiger charge is -2.36. The Labute approximate surface area is 188 Å². The normalized spacial score (nSPS) is 18.1. The summed E-state index contributed by atoms with van der Waals surface area (Å²) < 4.78 is 27.8. The Morgan fingerprint density at radius 1 is 1.22 bits per heavy atom. The third-order valence-electron chi connectivity index (χ3n) is 5.73. The average molecular weight is 461 g/mol. The number of nitrogens with one attached hydrogen (secondary N) is 2. The van der Waals surface area contributed by atoms with Crippen LogP contribution in [0.1, 0.15) is 25.3 Å². The van der Waals surface area contributed by atoms with Crippen molar-refractivity contribution in [2.45, 2.75) is 37.6 Å². The first-order chi connectivity index (χ1) is 15.2. The van der Waals surface area contributed by atoms with E-state index in [4.69, 9.17) is 0 Å². The van der Waals surface area contributed by atoms with Crippen molar-refractivity contribution in [3.05, 3.63) is 64.2 Å². The number of hydrogen-bond donors (Lipinski definition) is 2. The van der Waals surface area contributed by atoms with Gasteiger partial charge in [0, 0.05) is 19.2 Å². The van der Waals surface area contributed by atoms with Gasteiger partial charge in [-0.15, -0.1) is 0 Å². The van der Waals surface area contributed by atoms with Gasteiger partial charge in [-0.3, -0.25) is 19.8 Å². The van der Waals surface area contributed by atoms with Gasteiger partial charge in [-0.2, -0.15) is 0 Å². The van der Waals surface area contributed by atoms with Crippen molar-refractivity contribution in [3.8, 4) is 0 Å². The molecule has 3 rings (SSSR count). The molecule has 2 aromatic rings. The van der Waals surface area contributed by atoms with E-state index in [1.807, 2.05) is 11.8 Å². The monoisotopic (exact) mass is 460 g/mol. The number of anilines is 1. The molecule has 2 atom stereocenters. The lowest BCUT2D eigenvalue weighted by Crippen LogP contribution is -2.49. The van der Waals surface area contributed by atoms with Crippen LogP contribution < -0.4 is 10.0 Å². The number of hydrogen-bond acceptors (Lipinski definition) is 6. The molecule has 0 saturated carbocycles. The van der Waals surface area contributed by atoms with Crippen LogP contribution in [-0.2, 0) is 14.8 Å². The molecule has 2 unspecified atom stereocenters. The summed E-state index contributed by atoms with van der Waals surface area (Å²) in [6.45, 7) is 5.19. The fourth-order valence-electron chi connectivity index (χ4n) is 3.79. The van der Waals surface area contributed by atoms with Crippen LogP contribution in [0.25, 0.3) is 0 Å². The summed E-state index contributed by atoms with van der Waals surface area (Å²) in [6, 6.07) is 12.2. The number of nitrogens with zero attached hydrogens (tertiary/aromatic N) is 2. The second kappa shape index (κ2) is 10.2. The number of nitro benzene ring substituents is 1. The van der Waals surface area contributed by atoms with Crippen LogP contribution in [0.3, 0.4) is 0 Å². The minimum absolute atomic E-state index is 0.0604. The highest BCUT2D eigenvalue weighted by Crippen LogP contribution is 2.25. The van der Waals surface area contributed by atoms with E-state index in [1.54, 1.807) is 43.3 Å². The number of carbonyl (C=O) groups is 1. The molecule has 1 aliphatic rings. The fourth-order valence-corrected chi connectivity index (χ4v) is 4.90. The maximum Gasteiger partial charge on any atom is 0.292 e. The van der Waals surface area contributed by atoms with Gasteiger partial charge >= 0.3 is 0 Å². The SMILES string of the molecule is Cc1ccc(S(=O)(=O)NCC2CCCN(C(C)C(=O)Nc3ccccc3[N+](=O)[O-])C2)cc1. The highest BCUT2D eigenvalue weighted by Gasteiger charge is 2.29. The predicted octanol–water partition coefficient (Wildman–Crippen LogP) is 2.92. The Hall–Kier alpha value is -2.82. The molecule has 172 valence electrons. The van der Waals surface area contributed by atoms with E-state index in [-0.39, 0.29) is 34.6 Å². The molecule has 0 aromatic heterocycles. The third-order valence-corrected chi connectivity index (χ3v) is 7.17. The van der Waals surface area contributed by atoms with E-state index < -0.39 is 21.0 Å². The Morgan fingerprint density at radius 3 is 2.59 bits per heavy atom.